The largest absolute Gasteiger partial charge is 0.390 e. The number of hydrogen-bond donors (Lipinski definition) is 2. The zero-order valence-corrected chi connectivity index (χ0v) is 12.7. The Morgan fingerprint density at radius 2 is 2.11 bits per heavy atom. The molecule has 0 spiro atoms. The van der Waals surface area contributed by atoms with E-state index in [4.69, 9.17) is 0 Å². The summed E-state index contributed by atoms with van der Waals surface area (Å²) >= 11 is 1.78. The Balaban J connectivity index is 2.47. The average Bonchev–Trinajstić information content (AvgIpc) is 2.75. The number of nitrogens with one attached hydrogen (secondary N) is 1. The summed E-state index contributed by atoms with van der Waals surface area (Å²) in [5, 5.41) is 15.5. The molecule has 3 nitrogen and oxygen atoms in total. The minimum absolute atomic E-state index is 0.311. The summed E-state index contributed by atoms with van der Waals surface area (Å²) in [4.78, 5) is 3.37. The van der Waals surface area contributed by atoms with Crippen molar-refractivity contribution >= 4 is 11.3 Å². The van der Waals surface area contributed by atoms with Crippen LogP contribution in [0.15, 0.2) is 17.5 Å². The van der Waals surface area contributed by atoms with E-state index >= 15 is 0 Å². The second-order valence-corrected chi connectivity index (χ2v) is 6.50. The summed E-state index contributed by atoms with van der Waals surface area (Å²) in [6, 6.07) is 4.62. The molecule has 0 aliphatic heterocycles. The Kier molecular flexibility index (Phi) is 6.86. The maximum atomic E-state index is 9.90. The van der Waals surface area contributed by atoms with E-state index in [2.05, 4.69) is 36.7 Å². The van der Waals surface area contributed by atoms with E-state index in [0.717, 1.165) is 6.42 Å². The molecule has 0 saturated carbocycles. The number of hydrogen-bond acceptors (Lipinski definition) is 4. The van der Waals surface area contributed by atoms with Crippen LogP contribution in [0.25, 0.3) is 0 Å². The molecule has 2 N–H and O–H groups in total. The lowest BCUT2D eigenvalue weighted by Gasteiger charge is -2.23. The van der Waals surface area contributed by atoms with Crippen molar-refractivity contribution in [3.63, 3.8) is 0 Å². The van der Waals surface area contributed by atoms with Gasteiger partial charge in [-0.1, -0.05) is 19.9 Å². The summed E-state index contributed by atoms with van der Waals surface area (Å²) in [6.45, 7) is 5.82. The topological polar surface area (TPSA) is 35.5 Å². The minimum atomic E-state index is -0.311. The van der Waals surface area contributed by atoms with Gasteiger partial charge in [0.2, 0.25) is 0 Å². The first-order chi connectivity index (χ1) is 8.49. The predicted molar refractivity (Wildman–Crippen MR) is 79.1 cm³/mol. The summed E-state index contributed by atoms with van der Waals surface area (Å²) in [6.07, 6.45) is 0.796. The SMILES string of the molecule is CC(C)CC(NCC(O)CN(C)C)c1cccs1. The number of aliphatic hydroxyl groups is 1. The molecule has 1 aromatic heterocycles. The summed E-state index contributed by atoms with van der Waals surface area (Å²) in [7, 11) is 3.96. The summed E-state index contributed by atoms with van der Waals surface area (Å²) in [5.74, 6) is 0.649. The van der Waals surface area contributed by atoms with Crippen molar-refractivity contribution < 1.29 is 5.11 Å². The highest BCUT2D eigenvalue weighted by molar-refractivity contribution is 7.10. The van der Waals surface area contributed by atoms with Gasteiger partial charge in [0.15, 0.2) is 0 Å². The van der Waals surface area contributed by atoms with Gasteiger partial charge in [-0.25, -0.2) is 0 Å². The maximum absolute atomic E-state index is 9.90. The Morgan fingerprint density at radius 1 is 1.39 bits per heavy atom. The molecule has 0 radical (unpaired) electrons. The first-order valence-electron chi connectivity index (χ1n) is 6.58. The molecule has 1 rings (SSSR count). The third-order valence-corrected chi connectivity index (χ3v) is 3.76. The van der Waals surface area contributed by atoms with Crippen molar-refractivity contribution in [2.45, 2.75) is 32.4 Å². The van der Waals surface area contributed by atoms with Gasteiger partial charge in [0.25, 0.3) is 0 Å². The van der Waals surface area contributed by atoms with Crippen LogP contribution in [0.4, 0.5) is 0 Å². The van der Waals surface area contributed by atoms with Gasteiger partial charge in [-0.3, -0.25) is 0 Å². The Labute approximate surface area is 115 Å². The monoisotopic (exact) mass is 270 g/mol. The number of thiophene rings is 1. The molecule has 0 amide bonds. The first kappa shape index (κ1) is 15.6. The number of aliphatic hydroxyl groups excluding tert-OH is 1. The normalized spacial score (nSPS) is 15.3. The van der Waals surface area contributed by atoms with Gasteiger partial charge in [0.05, 0.1) is 6.10 Å². The van der Waals surface area contributed by atoms with Gasteiger partial charge >= 0.3 is 0 Å². The molecular weight excluding hydrogens is 244 g/mol. The molecule has 0 fully saturated rings. The fraction of sp³-hybridized carbons (Fsp3) is 0.714. The molecule has 0 aliphatic carbocycles. The van der Waals surface area contributed by atoms with Crippen LogP contribution < -0.4 is 5.32 Å². The number of likely N-dealkylation sites (N-methyl/N-ethyl adjacent to an activating group) is 1. The maximum Gasteiger partial charge on any atom is 0.0791 e. The highest BCUT2D eigenvalue weighted by Gasteiger charge is 2.15. The van der Waals surface area contributed by atoms with E-state index in [1.165, 1.54) is 4.88 Å². The second kappa shape index (κ2) is 7.89. The smallest absolute Gasteiger partial charge is 0.0791 e. The third-order valence-electron chi connectivity index (χ3n) is 2.77. The molecule has 0 saturated heterocycles. The van der Waals surface area contributed by atoms with Gasteiger partial charge in [0, 0.05) is 24.0 Å². The van der Waals surface area contributed by atoms with E-state index in [1.807, 2.05) is 19.0 Å². The van der Waals surface area contributed by atoms with Crippen LogP contribution in [-0.2, 0) is 0 Å². The Morgan fingerprint density at radius 3 is 2.61 bits per heavy atom. The second-order valence-electron chi connectivity index (χ2n) is 5.52. The predicted octanol–water partition coefficient (Wildman–Crippen LogP) is 2.35. The molecule has 0 aromatic carbocycles. The van der Waals surface area contributed by atoms with Crippen molar-refractivity contribution in [3.8, 4) is 0 Å². The fourth-order valence-corrected chi connectivity index (χ4v) is 2.84. The highest BCUT2D eigenvalue weighted by Crippen LogP contribution is 2.25. The van der Waals surface area contributed by atoms with Gasteiger partial charge in [-0.2, -0.15) is 0 Å². The van der Waals surface area contributed by atoms with E-state index < -0.39 is 0 Å². The quantitative estimate of drug-likeness (QED) is 0.761. The van der Waals surface area contributed by atoms with Gasteiger partial charge in [-0.05, 0) is 37.9 Å². The molecule has 104 valence electrons. The Bertz CT molecular complexity index is 312. The zero-order valence-electron chi connectivity index (χ0n) is 11.9. The Hall–Kier alpha value is -0.420. The van der Waals surface area contributed by atoms with Crippen LogP contribution in [-0.4, -0.2) is 43.3 Å². The average molecular weight is 270 g/mol. The third kappa shape index (κ3) is 5.96. The highest BCUT2D eigenvalue weighted by atomic mass is 32.1. The molecule has 0 aliphatic rings. The molecule has 2 atom stereocenters. The molecule has 4 heteroatoms. The van der Waals surface area contributed by atoms with Crippen molar-refractivity contribution in [2.24, 2.45) is 5.92 Å². The van der Waals surface area contributed by atoms with Crippen molar-refractivity contribution in [2.75, 3.05) is 27.2 Å². The fourth-order valence-electron chi connectivity index (χ4n) is 2.03. The van der Waals surface area contributed by atoms with E-state index in [1.54, 1.807) is 11.3 Å². The van der Waals surface area contributed by atoms with Gasteiger partial charge < -0.3 is 15.3 Å². The number of nitrogens with zero attached hydrogens (tertiary/aromatic N) is 1. The lowest BCUT2D eigenvalue weighted by molar-refractivity contribution is 0.130. The van der Waals surface area contributed by atoms with Gasteiger partial charge in [0.1, 0.15) is 0 Å². The van der Waals surface area contributed by atoms with Gasteiger partial charge in [-0.15, -0.1) is 11.3 Å². The van der Waals surface area contributed by atoms with Crippen LogP contribution in [0.3, 0.4) is 0 Å². The molecule has 1 aromatic rings. The van der Waals surface area contributed by atoms with Crippen LogP contribution in [0.1, 0.15) is 31.2 Å². The van der Waals surface area contributed by atoms with E-state index in [0.29, 0.717) is 25.0 Å². The summed E-state index contributed by atoms with van der Waals surface area (Å²) in [5.41, 5.74) is 0. The van der Waals surface area contributed by atoms with Crippen LogP contribution in [0, 0.1) is 5.92 Å². The molecule has 18 heavy (non-hydrogen) atoms. The molecular formula is C14H26N2OS. The summed E-state index contributed by atoms with van der Waals surface area (Å²) < 4.78 is 0. The molecule has 0 bridgehead atoms. The lowest BCUT2D eigenvalue weighted by atomic mass is 10.0. The zero-order chi connectivity index (χ0) is 13.5. The van der Waals surface area contributed by atoms with Crippen molar-refractivity contribution in [1.82, 2.24) is 10.2 Å². The van der Waals surface area contributed by atoms with Crippen molar-refractivity contribution in [1.29, 1.82) is 0 Å². The van der Waals surface area contributed by atoms with E-state index in [-0.39, 0.29) is 6.10 Å². The van der Waals surface area contributed by atoms with Crippen LogP contribution in [0.2, 0.25) is 0 Å². The molecule has 2 unspecified atom stereocenters. The lowest BCUT2D eigenvalue weighted by Crippen LogP contribution is -2.36. The van der Waals surface area contributed by atoms with Crippen molar-refractivity contribution in [3.05, 3.63) is 22.4 Å². The standard InChI is InChI=1S/C14H26N2OS/c1-11(2)8-13(14-6-5-7-18-14)15-9-12(17)10-16(3)4/h5-7,11-13,15,17H,8-10H2,1-4H3. The van der Waals surface area contributed by atoms with E-state index in [9.17, 15) is 5.11 Å². The first-order valence-corrected chi connectivity index (χ1v) is 7.46. The minimum Gasteiger partial charge on any atom is -0.390 e. The van der Waals surface area contributed by atoms with Crippen LogP contribution in [0.5, 0.6) is 0 Å². The number of rotatable bonds is 8. The van der Waals surface area contributed by atoms with Crippen LogP contribution >= 0.6 is 11.3 Å². The molecule has 1 heterocycles.